The van der Waals surface area contributed by atoms with Crippen LogP contribution in [0, 0.1) is 6.92 Å². The first kappa shape index (κ1) is 17.0. The summed E-state index contributed by atoms with van der Waals surface area (Å²) in [7, 11) is 3.90. The minimum absolute atomic E-state index is 0.0328. The molecule has 3 aromatic heterocycles. The van der Waals surface area contributed by atoms with Crippen molar-refractivity contribution in [1.82, 2.24) is 15.2 Å². The third-order valence-corrected chi connectivity index (χ3v) is 4.05. The van der Waals surface area contributed by atoms with Gasteiger partial charge >= 0.3 is 0 Å². The third kappa shape index (κ3) is 3.80. The van der Waals surface area contributed by atoms with Crippen LogP contribution in [-0.4, -0.2) is 36.4 Å². The van der Waals surface area contributed by atoms with E-state index in [1.807, 2.05) is 50.2 Å². The second kappa shape index (κ2) is 7.36. The molecule has 0 aliphatic carbocycles. The van der Waals surface area contributed by atoms with Gasteiger partial charge in [-0.15, -0.1) is 0 Å². The quantitative estimate of drug-likeness (QED) is 0.746. The highest BCUT2D eigenvalue weighted by Gasteiger charge is 2.19. The molecule has 130 valence electrons. The van der Waals surface area contributed by atoms with Crippen LogP contribution in [0.2, 0.25) is 0 Å². The van der Waals surface area contributed by atoms with Crippen molar-refractivity contribution < 1.29 is 13.6 Å². The Labute approximate surface area is 146 Å². The molecule has 3 heterocycles. The molecule has 0 saturated heterocycles. The molecule has 1 atom stereocenters. The van der Waals surface area contributed by atoms with Crippen LogP contribution in [-0.2, 0) is 0 Å². The standard InChI is InChI=1S/C19H21N3O3/c1-13-14(8-9-15(21-13)17-6-4-10-24-17)19(23)20-12-16(22(2)3)18-7-5-11-25-18/h4-11,16H,12H2,1-3H3,(H,20,23). The van der Waals surface area contributed by atoms with E-state index in [0.29, 0.717) is 29.3 Å². The lowest BCUT2D eigenvalue weighted by Crippen LogP contribution is -2.34. The van der Waals surface area contributed by atoms with Gasteiger partial charge in [0.1, 0.15) is 11.5 Å². The lowest BCUT2D eigenvalue weighted by Gasteiger charge is -2.22. The van der Waals surface area contributed by atoms with Crippen molar-refractivity contribution in [3.05, 3.63) is 65.9 Å². The summed E-state index contributed by atoms with van der Waals surface area (Å²) in [5, 5.41) is 2.96. The molecule has 1 N–H and O–H groups in total. The van der Waals surface area contributed by atoms with Crippen molar-refractivity contribution in [2.75, 3.05) is 20.6 Å². The second-order valence-electron chi connectivity index (χ2n) is 6.01. The summed E-state index contributed by atoms with van der Waals surface area (Å²) in [5.41, 5.74) is 1.92. The molecule has 3 rings (SSSR count). The Balaban J connectivity index is 1.71. The van der Waals surface area contributed by atoms with Gasteiger partial charge in [-0.3, -0.25) is 9.69 Å². The zero-order valence-electron chi connectivity index (χ0n) is 14.5. The first-order chi connectivity index (χ1) is 12.1. The molecule has 0 radical (unpaired) electrons. The molecule has 1 unspecified atom stereocenters. The van der Waals surface area contributed by atoms with E-state index in [1.54, 1.807) is 24.7 Å². The molecule has 0 aromatic carbocycles. The van der Waals surface area contributed by atoms with Crippen LogP contribution in [0.15, 0.2) is 57.8 Å². The summed E-state index contributed by atoms with van der Waals surface area (Å²) >= 11 is 0. The maximum Gasteiger partial charge on any atom is 0.253 e. The Morgan fingerprint density at radius 3 is 2.52 bits per heavy atom. The summed E-state index contributed by atoms with van der Waals surface area (Å²) in [4.78, 5) is 19.0. The lowest BCUT2D eigenvalue weighted by molar-refractivity contribution is 0.0938. The lowest BCUT2D eigenvalue weighted by atomic mass is 10.1. The summed E-state index contributed by atoms with van der Waals surface area (Å²) in [6.07, 6.45) is 3.23. The summed E-state index contributed by atoms with van der Waals surface area (Å²) in [5.74, 6) is 1.34. The number of rotatable bonds is 6. The number of hydrogen-bond acceptors (Lipinski definition) is 5. The number of amides is 1. The fourth-order valence-corrected chi connectivity index (χ4v) is 2.67. The normalized spacial score (nSPS) is 12.3. The van der Waals surface area contributed by atoms with Crippen molar-refractivity contribution in [3.8, 4) is 11.5 Å². The second-order valence-corrected chi connectivity index (χ2v) is 6.01. The average molecular weight is 339 g/mol. The molecule has 0 spiro atoms. The van der Waals surface area contributed by atoms with Crippen molar-refractivity contribution >= 4 is 5.91 Å². The molecule has 6 nitrogen and oxygen atoms in total. The van der Waals surface area contributed by atoms with Crippen LogP contribution in [0.4, 0.5) is 0 Å². The number of aromatic nitrogens is 1. The summed E-state index contributed by atoms with van der Waals surface area (Å²) < 4.78 is 10.8. The zero-order chi connectivity index (χ0) is 17.8. The monoisotopic (exact) mass is 339 g/mol. The van der Waals surface area contributed by atoms with Crippen LogP contribution < -0.4 is 5.32 Å². The number of furan rings is 2. The van der Waals surface area contributed by atoms with Gasteiger partial charge in [-0.05, 0) is 57.4 Å². The smallest absolute Gasteiger partial charge is 0.253 e. The third-order valence-electron chi connectivity index (χ3n) is 4.05. The largest absolute Gasteiger partial charge is 0.468 e. The molecular formula is C19H21N3O3. The maximum atomic E-state index is 12.5. The van der Waals surface area contributed by atoms with Crippen molar-refractivity contribution in [1.29, 1.82) is 0 Å². The van der Waals surface area contributed by atoms with E-state index >= 15 is 0 Å². The Kier molecular flexibility index (Phi) is 5.00. The van der Waals surface area contributed by atoms with Gasteiger partial charge < -0.3 is 14.2 Å². The highest BCUT2D eigenvalue weighted by atomic mass is 16.3. The number of nitrogens with one attached hydrogen (secondary N) is 1. The number of likely N-dealkylation sites (N-methyl/N-ethyl adjacent to an activating group) is 1. The van der Waals surface area contributed by atoms with E-state index in [9.17, 15) is 4.79 Å². The number of pyridine rings is 1. The van der Waals surface area contributed by atoms with E-state index < -0.39 is 0 Å². The first-order valence-electron chi connectivity index (χ1n) is 8.06. The van der Waals surface area contributed by atoms with Crippen molar-refractivity contribution in [2.45, 2.75) is 13.0 Å². The first-order valence-corrected chi connectivity index (χ1v) is 8.06. The SMILES string of the molecule is Cc1nc(-c2ccco2)ccc1C(=O)NCC(c1ccco1)N(C)C. The fraction of sp³-hybridized carbons (Fsp3) is 0.263. The fourth-order valence-electron chi connectivity index (χ4n) is 2.67. The van der Waals surface area contributed by atoms with Gasteiger partial charge in [0.15, 0.2) is 5.76 Å². The van der Waals surface area contributed by atoms with Gasteiger partial charge in [0.2, 0.25) is 0 Å². The number of carbonyl (C=O) groups is 1. The highest BCUT2D eigenvalue weighted by Crippen LogP contribution is 2.20. The molecule has 0 fully saturated rings. The minimum Gasteiger partial charge on any atom is -0.468 e. The maximum absolute atomic E-state index is 12.5. The molecule has 0 saturated carbocycles. The molecule has 25 heavy (non-hydrogen) atoms. The van der Waals surface area contributed by atoms with E-state index in [0.717, 1.165) is 5.76 Å². The number of carbonyl (C=O) groups excluding carboxylic acids is 1. The Bertz CT molecular complexity index is 824. The van der Waals surface area contributed by atoms with Crippen molar-refractivity contribution in [2.24, 2.45) is 0 Å². The van der Waals surface area contributed by atoms with E-state index in [1.165, 1.54) is 0 Å². The molecule has 1 amide bonds. The average Bonchev–Trinajstić information content (AvgIpc) is 3.28. The topological polar surface area (TPSA) is 71.5 Å². The van der Waals surface area contributed by atoms with E-state index in [-0.39, 0.29) is 11.9 Å². The highest BCUT2D eigenvalue weighted by molar-refractivity contribution is 5.95. The van der Waals surface area contributed by atoms with E-state index in [2.05, 4.69) is 10.3 Å². The van der Waals surface area contributed by atoms with E-state index in [4.69, 9.17) is 8.83 Å². The van der Waals surface area contributed by atoms with Gasteiger partial charge in [-0.1, -0.05) is 0 Å². The molecule has 0 aliphatic rings. The summed E-state index contributed by atoms with van der Waals surface area (Å²) in [6.45, 7) is 2.26. The predicted octanol–water partition coefficient (Wildman–Crippen LogP) is 3.28. The molecule has 0 aliphatic heterocycles. The predicted molar refractivity (Wildman–Crippen MR) is 94.1 cm³/mol. The van der Waals surface area contributed by atoms with Gasteiger partial charge in [-0.2, -0.15) is 0 Å². The van der Waals surface area contributed by atoms with Crippen LogP contribution in [0.1, 0.15) is 27.9 Å². The van der Waals surface area contributed by atoms with Crippen LogP contribution in [0.25, 0.3) is 11.5 Å². The Morgan fingerprint density at radius 2 is 1.92 bits per heavy atom. The molecular weight excluding hydrogens is 318 g/mol. The van der Waals surface area contributed by atoms with Crippen LogP contribution in [0.3, 0.4) is 0 Å². The Morgan fingerprint density at radius 1 is 1.16 bits per heavy atom. The van der Waals surface area contributed by atoms with Crippen LogP contribution in [0.5, 0.6) is 0 Å². The van der Waals surface area contributed by atoms with Gasteiger partial charge in [0.05, 0.1) is 29.8 Å². The van der Waals surface area contributed by atoms with Gasteiger partial charge in [0, 0.05) is 6.54 Å². The van der Waals surface area contributed by atoms with Gasteiger partial charge in [-0.25, -0.2) is 4.98 Å². The zero-order valence-corrected chi connectivity index (χ0v) is 14.5. The minimum atomic E-state index is -0.158. The number of aryl methyl sites for hydroxylation is 1. The van der Waals surface area contributed by atoms with Crippen molar-refractivity contribution in [3.63, 3.8) is 0 Å². The number of hydrogen-bond donors (Lipinski definition) is 1. The molecule has 6 heteroatoms. The summed E-state index contributed by atoms with van der Waals surface area (Å²) in [6, 6.07) is 10.9. The molecule has 0 bridgehead atoms. The number of nitrogens with zero attached hydrogens (tertiary/aromatic N) is 2. The molecule has 3 aromatic rings. The Hall–Kier alpha value is -2.86. The van der Waals surface area contributed by atoms with Gasteiger partial charge in [0.25, 0.3) is 5.91 Å². The van der Waals surface area contributed by atoms with Crippen LogP contribution >= 0.6 is 0 Å².